The summed E-state index contributed by atoms with van der Waals surface area (Å²) in [4.78, 5) is 12.8. The van der Waals surface area contributed by atoms with E-state index in [2.05, 4.69) is 0 Å². The van der Waals surface area contributed by atoms with Crippen LogP contribution in [0.3, 0.4) is 0 Å². The number of hydrogen-bond donors (Lipinski definition) is 0. The average molecular weight is 464 g/mol. The number of hydrogen-bond acceptors (Lipinski definition) is 6. The lowest BCUT2D eigenvalue weighted by molar-refractivity contribution is -0.113. The maximum absolute atomic E-state index is 12.9. The molecule has 6 nitrogen and oxygen atoms in total. The molecular weight excluding hydrogens is 434 g/mol. The fraction of sp³-hybridized carbons (Fsp3) is 0.435. The number of nitrogens with zero attached hydrogens (tertiary/aromatic N) is 1. The monoisotopic (exact) mass is 463 g/mol. The lowest BCUT2D eigenvalue weighted by Crippen LogP contribution is -2.40. The molecule has 1 aliphatic heterocycles. The third-order valence-electron chi connectivity index (χ3n) is 5.29. The van der Waals surface area contributed by atoms with Crippen LogP contribution in [0.2, 0.25) is 0 Å². The molecule has 0 N–H and O–H groups in total. The topological polar surface area (TPSA) is 72.9 Å². The van der Waals surface area contributed by atoms with Crippen molar-refractivity contribution in [3.05, 3.63) is 59.7 Å². The fourth-order valence-electron chi connectivity index (χ4n) is 3.73. The van der Waals surface area contributed by atoms with E-state index in [1.165, 1.54) is 16.1 Å². The molecule has 0 saturated carbocycles. The quantitative estimate of drug-likeness (QED) is 0.498. The molecule has 1 fully saturated rings. The molecule has 3 rings (SSSR count). The molecule has 0 radical (unpaired) electrons. The zero-order valence-corrected chi connectivity index (χ0v) is 19.6. The van der Waals surface area contributed by atoms with Gasteiger partial charge in [0.25, 0.3) is 0 Å². The highest BCUT2D eigenvalue weighted by atomic mass is 32.2. The maximum Gasteiger partial charge on any atom is 0.218 e. The van der Waals surface area contributed by atoms with Crippen molar-refractivity contribution in [1.29, 1.82) is 0 Å². The molecule has 2 aromatic carbocycles. The Morgan fingerprint density at radius 2 is 1.74 bits per heavy atom. The van der Waals surface area contributed by atoms with E-state index in [0.29, 0.717) is 25.1 Å². The van der Waals surface area contributed by atoms with Crippen LogP contribution in [-0.4, -0.2) is 50.4 Å². The van der Waals surface area contributed by atoms with Crippen LogP contribution in [0.4, 0.5) is 0 Å². The van der Waals surface area contributed by atoms with E-state index in [-0.39, 0.29) is 10.9 Å². The van der Waals surface area contributed by atoms with E-state index in [1.807, 2.05) is 36.4 Å². The molecule has 0 aliphatic carbocycles. The molecule has 168 valence electrons. The molecular formula is C23H29NO5S2. The SMILES string of the molecule is COc1cc(CCCSC(=O)C2CCCN2S(=O)(=O)Cc2ccccc2)cc(OC)c1. The Balaban J connectivity index is 1.53. The van der Waals surface area contributed by atoms with Gasteiger partial charge in [0.15, 0.2) is 0 Å². The number of thioether (sulfide) groups is 1. The molecule has 0 bridgehead atoms. The predicted molar refractivity (Wildman–Crippen MR) is 124 cm³/mol. The number of carbonyl (C=O) groups excluding carboxylic acids is 1. The summed E-state index contributed by atoms with van der Waals surface area (Å²) < 4.78 is 37.8. The normalized spacial score (nSPS) is 16.9. The molecule has 0 aromatic heterocycles. The first-order valence-electron chi connectivity index (χ1n) is 10.3. The van der Waals surface area contributed by atoms with E-state index >= 15 is 0 Å². The molecule has 8 heteroatoms. The molecule has 1 saturated heterocycles. The summed E-state index contributed by atoms with van der Waals surface area (Å²) in [6, 6.07) is 14.3. The van der Waals surface area contributed by atoms with Gasteiger partial charge in [0, 0.05) is 18.4 Å². The van der Waals surface area contributed by atoms with Crippen LogP contribution in [0.25, 0.3) is 0 Å². The summed E-state index contributed by atoms with van der Waals surface area (Å²) >= 11 is 1.23. The van der Waals surface area contributed by atoms with Gasteiger partial charge in [-0.05, 0) is 48.9 Å². The van der Waals surface area contributed by atoms with Crippen LogP contribution in [0.5, 0.6) is 11.5 Å². The molecule has 31 heavy (non-hydrogen) atoms. The largest absolute Gasteiger partial charge is 0.497 e. The van der Waals surface area contributed by atoms with Crippen molar-refractivity contribution in [3.63, 3.8) is 0 Å². The van der Waals surface area contributed by atoms with E-state index < -0.39 is 16.1 Å². The van der Waals surface area contributed by atoms with Gasteiger partial charge in [-0.25, -0.2) is 8.42 Å². The highest BCUT2D eigenvalue weighted by molar-refractivity contribution is 8.13. The fourth-order valence-corrected chi connectivity index (χ4v) is 6.50. The van der Waals surface area contributed by atoms with E-state index in [1.54, 1.807) is 26.4 Å². The number of ether oxygens (including phenoxy) is 2. The van der Waals surface area contributed by atoms with Crippen LogP contribution in [-0.2, 0) is 27.0 Å². The van der Waals surface area contributed by atoms with Gasteiger partial charge >= 0.3 is 0 Å². The van der Waals surface area contributed by atoms with Crippen LogP contribution >= 0.6 is 11.8 Å². The molecule has 1 heterocycles. The summed E-state index contributed by atoms with van der Waals surface area (Å²) in [5.74, 6) is 2.05. The minimum Gasteiger partial charge on any atom is -0.497 e. The van der Waals surface area contributed by atoms with Crippen LogP contribution in [0, 0.1) is 0 Å². The van der Waals surface area contributed by atoms with Crippen molar-refractivity contribution < 1.29 is 22.7 Å². The lowest BCUT2D eigenvalue weighted by Gasteiger charge is -2.22. The van der Waals surface area contributed by atoms with Gasteiger partial charge < -0.3 is 9.47 Å². The first-order valence-corrected chi connectivity index (χ1v) is 12.9. The van der Waals surface area contributed by atoms with Gasteiger partial charge in [0.05, 0.1) is 26.0 Å². The third kappa shape index (κ3) is 6.48. The number of methoxy groups -OCH3 is 2. The Bertz CT molecular complexity index is 956. The molecule has 2 aromatic rings. The van der Waals surface area contributed by atoms with Gasteiger partial charge in [0.2, 0.25) is 15.1 Å². The Hall–Kier alpha value is -2.03. The molecule has 1 aliphatic rings. The molecule has 1 unspecified atom stereocenters. The Morgan fingerprint density at radius 1 is 1.06 bits per heavy atom. The lowest BCUT2D eigenvalue weighted by atomic mass is 10.1. The van der Waals surface area contributed by atoms with E-state index in [0.717, 1.165) is 35.5 Å². The zero-order chi connectivity index (χ0) is 22.3. The highest BCUT2D eigenvalue weighted by Crippen LogP contribution is 2.28. The van der Waals surface area contributed by atoms with Crippen molar-refractivity contribution in [1.82, 2.24) is 4.31 Å². The first kappa shape index (κ1) is 23.6. The standard InChI is InChI=1S/C23H29NO5S2/c1-28-20-14-19(15-21(16-20)29-2)10-7-13-30-23(25)22-11-6-12-24(22)31(26,27)17-18-8-4-3-5-9-18/h3-5,8-9,14-16,22H,6-7,10-13,17H2,1-2H3. The summed E-state index contributed by atoms with van der Waals surface area (Å²) in [5.41, 5.74) is 1.82. The van der Waals surface area contributed by atoms with Crippen molar-refractivity contribution in [2.45, 2.75) is 37.5 Å². The first-order chi connectivity index (χ1) is 14.9. The summed E-state index contributed by atoms with van der Waals surface area (Å²) in [7, 11) is -0.290. The van der Waals surface area contributed by atoms with Crippen molar-refractivity contribution >= 4 is 26.9 Å². The van der Waals surface area contributed by atoms with E-state index in [4.69, 9.17) is 9.47 Å². The highest BCUT2D eigenvalue weighted by Gasteiger charge is 2.38. The summed E-state index contributed by atoms with van der Waals surface area (Å²) in [6.45, 7) is 0.412. The number of sulfonamides is 1. The second-order valence-corrected chi connectivity index (χ2v) is 10.5. The zero-order valence-electron chi connectivity index (χ0n) is 18.0. The number of benzene rings is 2. The Morgan fingerprint density at radius 3 is 2.39 bits per heavy atom. The van der Waals surface area contributed by atoms with Crippen molar-refractivity contribution in [2.75, 3.05) is 26.5 Å². The average Bonchev–Trinajstić information content (AvgIpc) is 3.28. The molecule has 0 spiro atoms. The molecule has 1 atom stereocenters. The van der Waals surface area contributed by atoms with Crippen LogP contribution in [0.1, 0.15) is 30.4 Å². The maximum atomic E-state index is 12.9. The summed E-state index contributed by atoms with van der Waals surface area (Å²) in [6.07, 6.45) is 2.90. The van der Waals surface area contributed by atoms with Crippen molar-refractivity contribution in [3.8, 4) is 11.5 Å². The van der Waals surface area contributed by atoms with Gasteiger partial charge in [-0.2, -0.15) is 4.31 Å². The minimum atomic E-state index is -3.52. The second kappa shape index (κ2) is 11.0. The number of aryl methyl sites for hydroxylation is 1. The van der Waals surface area contributed by atoms with E-state index in [9.17, 15) is 13.2 Å². The van der Waals surface area contributed by atoms with Crippen LogP contribution < -0.4 is 9.47 Å². The Labute approximate surface area is 189 Å². The smallest absolute Gasteiger partial charge is 0.218 e. The summed E-state index contributed by atoms with van der Waals surface area (Å²) in [5, 5.41) is -0.0580. The third-order valence-corrected chi connectivity index (χ3v) is 8.19. The van der Waals surface area contributed by atoms with Gasteiger partial charge in [-0.1, -0.05) is 42.1 Å². The minimum absolute atomic E-state index is 0.0580. The molecule has 0 amide bonds. The van der Waals surface area contributed by atoms with Gasteiger partial charge in [0.1, 0.15) is 11.5 Å². The second-order valence-electron chi connectivity index (χ2n) is 7.50. The van der Waals surface area contributed by atoms with Crippen LogP contribution in [0.15, 0.2) is 48.5 Å². The van der Waals surface area contributed by atoms with Gasteiger partial charge in [-0.3, -0.25) is 4.79 Å². The number of rotatable bonds is 10. The number of carbonyl (C=O) groups is 1. The predicted octanol–water partition coefficient (Wildman–Crippen LogP) is 3.89. The Kier molecular flexibility index (Phi) is 8.40. The van der Waals surface area contributed by atoms with Gasteiger partial charge in [-0.15, -0.1) is 0 Å². The van der Waals surface area contributed by atoms with Crippen molar-refractivity contribution in [2.24, 2.45) is 0 Å².